The molecule has 0 spiro atoms. The Morgan fingerprint density at radius 2 is 1.29 bits per heavy atom. The number of carbonyl (C=O) groups excluding carboxylic acids is 2. The number of hydrogen-bond acceptors (Lipinski definition) is 4. The molecule has 1 heterocycles. The van der Waals surface area contributed by atoms with Crippen molar-refractivity contribution in [3.05, 3.63) is 85.9 Å². The van der Waals surface area contributed by atoms with Crippen LogP contribution in [0.4, 0.5) is 11.4 Å². The summed E-state index contributed by atoms with van der Waals surface area (Å²) < 4.78 is 29.4. The van der Waals surface area contributed by atoms with Gasteiger partial charge in [-0.1, -0.05) is 11.6 Å². The highest BCUT2D eigenvalue weighted by Crippen LogP contribution is 2.35. The van der Waals surface area contributed by atoms with Crippen LogP contribution in [0.5, 0.6) is 0 Å². The lowest BCUT2D eigenvalue weighted by molar-refractivity contribution is 0.0926. The van der Waals surface area contributed by atoms with Gasteiger partial charge in [-0.25, -0.2) is 13.3 Å². The van der Waals surface area contributed by atoms with Gasteiger partial charge in [0.15, 0.2) is 0 Å². The topological polar surface area (TPSA) is 83.6 Å². The molecule has 8 heteroatoms. The van der Waals surface area contributed by atoms with E-state index in [-0.39, 0.29) is 16.0 Å². The predicted octanol–water partition coefficient (Wildman–Crippen LogP) is 5.79. The third kappa shape index (κ3) is 3.69. The second kappa shape index (κ2) is 8.25. The van der Waals surface area contributed by atoms with Gasteiger partial charge in [-0.2, -0.15) is 0 Å². The molecule has 0 fully saturated rings. The van der Waals surface area contributed by atoms with E-state index < -0.39 is 21.8 Å². The highest BCUT2D eigenvalue weighted by Gasteiger charge is 2.37. The monoisotopic (exact) mass is 496 g/mol. The molecule has 4 rings (SSSR count). The smallest absolute Gasteiger partial charge is 0.266 e. The number of carbonyl (C=O) groups is 2. The molecule has 1 aliphatic rings. The van der Waals surface area contributed by atoms with Crippen molar-refractivity contribution in [2.24, 2.45) is 0 Å². The number of sulfonamides is 1. The largest absolute Gasteiger partial charge is 0.280 e. The predicted molar refractivity (Wildman–Crippen MR) is 135 cm³/mol. The highest BCUT2D eigenvalue weighted by molar-refractivity contribution is 7.92. The summed E-state index contributed by atoms with van der Waals surface area (Å²) in [6, 6.07) is 9.31. The first-order chi connectivity index (χ1) is 15.8. The number of benzene rings is 3. The normalized spacial score (nSPS) is 13.4. The van der Waals surface area contributed by atoms with E-state index in [0.717, 1.165) is 21.6 Å². The minimum atomic E-state index is -3.87. The first-order valence-electron chi connectivity index (χ1n) is 10.7. The van der Waals surface area contributed by atoms with Crippen LogP contribution in [0, 0.1) is 41.5 Å². The first kappa shape index (κ1) is 24.0. The van der Waals surface area contributed by atoms with Gasteiger partial charge in [0, 0.05) is 10.7 Å². The molecular weight excluding hydrogens is 472 g/mol. The van der Waals surface area contributed by atoms with Gasteiger partial charge in [0.2, 0.25) is 0 Å². The van der Waals surface area contributed by atoms with Crippen molar-refractivity contribution in [1.82, 2.24) is 0 Å². The Morgan fingerprint density at radius 3 is 1.88 bits per heavy atom. The second-order valence-corrected chi connectivity index (χ2v) is 10.8. The Bertz CT molecular complexity index is 1480. The molecule has 6 nitrogen and oxygen atoms in total. The Hall–Kier alpha value is -3.16. The number of aryl methyl sites for hydroxylation is 1. The van der Waals surface area contributed by atoms with E-state index in [1.54, 1.807) is 31.2 Å². The maximum absolute atomic E-state index is 13.4. The van der Waals surface area contributed by atoms with E-state index in [4.69, 9.17) is 11.6 Å². The van der Waals surface area contributed by atoms with Crippen molar-refractivity contribution >= 4 is 44.8 Å². The number of hydrogen-bond donors (Lipinski definition) is 1. The Morgan fingerprint density at radius 1 is 0.735 bits per heavy atom. The van der Waals surface area contributed by atoms with Crippen LogP contribution in [0.15, 0.2) is 41.3 Å². The zero-order chi connectivity index (χ0) is 25.1. The van der Waals surface area contributed by atoms with Crippen LogP contribution >= 0.6 is 11.6 Å². The van der Waals surface area contributed by atoms with Crippen LogP contribution in [0.1, 0.15) is 54.1 Å². The average molecular weight is 497 g/mol. The summed E-state index contributed by atoms with van der Waals surface area (Å²) in [5, 5.41) is 0.371. The summed E-state index contributed by atoms with van der Waals surface area (Å²) in [6.45, 7) is 11.2. The fraction of sp³-hybridized carbons (Fsp3) is 0.231. The number of imide groups is 1. The molecule has 2 amide bonds. The van der Waals surface area contributed by atoms with Crippen molar-refractivity contribution in [1.29, 1.82) is 0 Å². The van der Waals surface area contributed by atoms with Crippen molar-refractivity contribution in [3.8, 4) is 0 Å². The van der Waals surface area contributed by atoms with Crippen molar-refractivity contribution in [3.63, 3.8) is 0 Å². The van der Waals surface area contributed by atoms with Crippen molar-refractivity contribution in [2.45, 2.75) is 46.4 Å². The standard InChI is InChI=1S/C26H25ClN2O4S/c1-13-11-20(28-34(32,33)24-17(5)15(3)14(2)16(4)18(24)6)8-10-23(13)29-25(30)21-9-7-19(27)12-22(21)26(29)31/h7-12,28H,1-6H3. The van der Waals surface area contributed by atoms with E-state index in [1.807, 2.05) is 34.6 Å². The number of fused-ring (bicyclic) bond motifs is 1. The molecule has 0 unspecified atom stereocenters. The number of amides is 2. The summed E-state index contributed by atoms with van der Waals surface area (Å²) >= 11 is 6.00. The lowest BCUT2D eigenvalue weighted by Gasteiger charge is -2.20. The van der Waals surface area contributed by atoms with Crippen LogP contribution in [0.3, 0.4) is 0 Å². The van der Waals surface area contributed by atoms with Gasteiger partial charge >= 0.3 is 0 Å². The fourth-order valence-corrected chi connectivity index (χ4v) is 6.30. The maximum atomic E-state index is 13.4. The van der Waals surface area contributed by atoms with Gasteiger partial charge in [0.25, 0.3) is 21.8 Å². The van der Waals surface area contributed by atoms with Gasteiger partial charge in [0.1, 0.15) is 0 Å². The maximum Gasteiger partial charge on any atom is 0.266 e. The molecule has 3 aromatic rings. The summed E-state index contributed by atoms with van der Waals surface area (Å²) in [6.07, 6.45) is 0. The molecule has 3 aromatic carbocycles. The van der Waals surface area contributed by atoms with Crippen molar-refractivity contribution in [2.75, 3.05) is 9.62 Å². The minimum Gasteiger partial charge on any atom is -0.280 e. The number of nitrogens with zero attached hydrogens (tertiary/aromatic N) is 1. The number of nitrogens with one attached hydrogen (secondary N) is 1. The lowest BCUT2D eigenvalue weighted by Crippen LogP contribution is -2.30. The third-order valence-corrected chi connectivity index (χ3v) is 8.63. The molecule has 1 aliphatic heterocycles. The summed E-state index contributed by atoms with van der Waals surface area (Å²) in [4.78, 5) is 27.2. The average Bonchev–Trinajstić information content (AvgIpc) is 3.00. The van der Waals surface area contributed by atoms with E-state index in [1.165, 1.54) is 12.1 Å². The van der Waals surface area contributed by atoms with Crippen LogP contribution < -0.4 is 9.62 Å². The molecule has 1 N–H and O–H groups in total. The van der Waals surface area contributed by atoms with Gasteiger partial charge < -0.3 is 0 Å². The lowest BCUT2D eigenvalue weighted by atomic mass is 9.95. The van der Waals surface area contributed by atoms with E-state index >= 15 is 0 Å². The van der Waals surface area contributed by atoms with E-state index in [2.05, 4.69) is 4.72 Å². The molecule has 0 atom stereocenters. The summed E-state index contributed by atoms with van der Waals surface area (Å²) in [7, 11) is -3.87. The molecule has 0 radical (unpaired) electrons. The highest BCUT2D eigenvalue weighted by atomic mass is 35.5. The second-order valence-electron chi connectivity index (χ2n) is 8.70. The van der Waals surface area contributed by atoms with Crippen molar-refractivity contribution < 1.29 is 18.0 Å². The fourth-order valence-electron chi connectivity index (χ4n) is 4.48. The molecule has 0 aliphatic carbocycles. The van der Waals surface area contributed by atoms with Crippen LogP contribution in [-0.4, -0.2) is 20.2 Å². The zero-order valence-electron chi connectivity index (χ0n) is 19.8. The number of halogens is 1. The molecule has 0 aromatic heterocycles. The summed E-state index contributed by atoms with van der Waals surface area (Å²) in [5.41, 5.74) is 6.24. The molecule has 0 saturated heterocycles. The SMILES string of the molecule is Cc1cc(NS(=O)(=O)c2c(C)c(C)c(C)c(C)c2C)ccc1N1C(=O)c2ccc(Cl)cc2C1=O. The molecular formula is C26H25ClN2O4S. The molecule has 34 heavy (non-hydrogen) atoms. The van der Waals surface area contributed by atoms with Gasteiger partial charge in [-0.15, -0.1) is 0 Å². The minimum absolute atomic E-state index is 0.248. The van der Waals surface area contributed by atoms with Gasteiger partial charge in [0.05, 0.1) is 21.7 Å². The Labute approximate surface area is 204 Å². The van der Waals surface area contributed by atoms with E-state index in [0.29, 0.717) is 33.1 Å². The molecule has 0 saturated carbocycles. The van der Waals surface area contributed by atoms with Crippen LogP contribution in [0.2, 0.25) is 5.02 Å². The number of anilines is 2. The Kier molecular flexibility index (Phi) is 5.82. The quantitative estimate of drug-likeness (QED) is 0.463. The van der Waals surface area contributed by atoms with Crippen LogP contribution in [0.25, 0.3) is 0 Å². The Balaban J connectivity index is 1.70. The zero-order valence-corrected chi connectivity index (χ0v) is 21.4. The van der Waals surface area contributed by atoms with E-state index in [9.17, 15) is 18.0 Å². The first-order valence-corrected chi connectivity index (χ1v) is 12.6. The molecule has 176 valence electrons. The number of rotatable bonds is 4. The van der Waals surface area contributed by atoms with Gasteiger partial charge in [-0.3, -0.25) is 14.3 Å². The van der Waals surface area contributed by atoms with Gasteiger partial charge in [-0.05, 0) is 111 Å². The summed E-state index contributed by atoms with van der Waals surface area (Å²) in [5.74, 6) is -0.902. The molecule has 0 bridgehead atoms. The van der Waals surface area contributed by atoms with Crippen LogP contribution in [-0.2, 0) is 10.0 Å². The third-order valence-electron chi connectivity index (χ3n) is 6.74.